The second-order valence-electron chi connectivity index (χ2n) is 7.63. The Morgan fingerprint density at radius 3 is 2.28 bits per heavy atom. The molecule has 5 rings (SSSR count). The van der Waals surface area contributed by atoms with E-state index in [1.54, 1.807) is 17.0 Å². The zero-order valence-corrected chi connectivity index (χ0v) is 16.9. The van der Waals surface area contributed by atoms with Crippen LogP contribution in [0.4, 0.5) is 15.8 Å². The van der Waals surface area contributed by atoms with Crippen molar-refractivity contribution in [2.75, 3.05) is 4.90 Å². The molecule has 0 aliphatic carbocycles. The third kappa shape index (κ3) is 3.13. The van der Waals surface area contributed by atoms with Crippen molar-refractivity contribution in [3.8, 4) is 11.3 Å². The van der Waals surface area contributed by atoms with E-state index in [0.29, 0.717) is 28.2 Å². The lowest BCUT2D eigenvalue weighted by atomic mass is 9.95. The molecule has 1 amide bonds. The molecule has 32 heavy (non-hydrogen) atoms. The first-order valence-electron chi connectivity index (χ1n) is 9.93. The van der Waals surface area contributed by atoms with E-state index in [-0.39, 0.29) is 11.6 Å². The van der Waals surface area contributed by atoms with Crippen molar-refractivity contribution in [3.63, 3.8) is 0 Å². The van der Waals surface area contributed by atoms with Crippen molar-refractivity contribution in [1.29, 1.82) is 0 Å². The quantitative estimate of drug-likeness (QED) is 0.358. The Balaban J connectivity index is 1.70. The molecule has 1 N–H and O–H groups in total. The van der Waals surface area contributed by atoms with Gasteiger partial charge in [0.2, 0.25) is 0 Å². The molecule has 8 heteroatoms. The average Bonchev–Trinajstić information content (AvgIpc) is 3.34. The van der Waals surface area contributed by atoms with Gasteiger partial charge in [-0.25, -0.2) is 4.39 Å². The van der Waals surface area contributed by atoms with Crippen molar-refractivity contribution in [2.24, 2.45) is 0 Å². The number of hydrogen-bond donors (Lipinski definition) is 1. The molecule has 7 nitrogen and oxygen atoms in total. The summed E-state index contributed by atoms with van der Waals surface area (Å²) in [5.74, 6) is -0.714. The lowest BCUT2D eigenvalue weighted by Gasteiger charge is -2.26. The number of aromatic amines is 1. The molecule has 1 aliphatic rings. The SMILES string of the molecule is Cc1ccc(-c2n[nH]c3c2[C@H](c2ccc([N+](=O)[O-])cc2)N(c2ccc(F)cc2)C3=O)cc1. The molecular formula is C24H17FN4O3. The summed E-state index contributed by atoms with van der Waals surface area (Å²) in [4.78, 5) is 25.6. The largest absolute Gasteiger partial charge is 0.295 e. The van der Waals surface area contributed by atoms with Crippen molar-refractivity contribution in [3.05, 3.63) is 111 Å². The Bertz CT molecular complexity index is 1330. The molecule has 0 unspecified atom stereocenters. The normalized spacial score (nSPS) is 15.1. The van der Waals surface area contributed by atoms with E-state index >= 15 is 0 Å². The number of non-ortho nitro benzene ring substituents is 1. The maximum Gasteiger partial charge on any atom is 0.277 e. The predicted octanol–water partition coefficient (Wildman–Crippen LogP) is 5.18. The maximum atomic E-state index is 13.5. The minimum atomic E-state index is -0.584. The fraction of sp³-hybridized carbons (Fsp3) is 0.0833. The van der Waals surface area contributed by atoms with Gasteiger partial charge in [-0.15, -0.1) is 0 Å². The minimum absolute atomic E-state index is 0.0439. The molecule has 0 fully saturated rings. The van der Waals surface area contributed by atoms with Crippen molar-refractivity contribution in [1.82, 2.24) is 10.2 Å². The summed E-state index contributed by atoms with van der Waals surface area (Å²) in [6, 6.07) is 19.0. The van der Waals surface area contributed by atoms with Crippen LogP contribution in [-0.2, 0) is 0 Å². The van der Waals surface area contributed by atoms with Gasteiger partial charge in [-0.2, -0.15) is 5.10 Å². The van der Waals surface area contributed by atoms with Crippen molar-refractivity contribution >= 4 is 17.3 Å². The molecule has 0 saturated heterocycles. The fourth-order valence-corrected chi connectivity index (χ4v) is 4.04. The van der Waals surface area contributed by atoms with Crippen LogP contribution in [0.25, 0.3) is 11.3 Å². The second-order valence-corrected chi connectivity index (χ2v) is 7.63. The average molecular weight is 428 g/mol. The molecule has 158 valence electrons. The van der Waals surface area contributed by atoms with E-state index in [0.717, 1.165) is 11.1 Å². The van der Waals surface area contributed by atoms with E-state index in [1.165, 1.54) is 36.4 Å². The van der Waals surface area contributed by atoms with Crippen LogP contribution >= 0.6 is 0 Å². The third-order valence-electron chi connectivity index (χ3n) is 5.62. The molecule has 0 saturated carbocycles. The number of hydrogen-bond acceptors (Lipinski definition) is 4. The summed E-state index contributed by atoms with van der Waals surface area (Å²) in [5.41, 5.74) is 4.73. The Labute approximate surface area is 182 Å². The van der Waals surface area contributed by atoms with Crippen LogP contribution in [0.1, 0.15) is 33.2 Å². The number of aryl methyl sites for hydroxylation is 1. The molecule has 0 spiro atoms. The van der Waals surface area contributed by atoms with Gasteiger partial charge in [0.05, 0.1) is 16.7 Å². The van der Waals surface area contributed by atoms with Gasteiger partial charge in [0.25, 0.3) is 11.6 Å². The zero-order chi connectivity index (χ0) is 22.4. The number of H-pyrrole nitrogens is 1. The van der Waals surface area contributed by atoms with E-state index in [9.17, 15) is 19.3 Å². The van der Waals surface area contributed by atoms with Crippen LogP contribution in [0.5, 0.6) is 0 Å². The number of fused-ring (bicyclic) bond motifs is 1. The molecule has 1 atom stereocenters. The minimum Gasteiger partial charge on any atom is -0.295 e. The van der Waals surface area contributed by atoms with E-state index in [2.05, 4.69) is 10.2 Å². The number of nitro groups is 1. The van der Waals surface area contributed by atoms with Gasteiger partial charge in [0.15, 0.2) is 0 Å². The topological polar surface area (TPSA) is 92.1 Å². The number of amides is 1. The number of nitrogens with one attached hydrogen (secondary N) is 1. The number of benzene rings is 3. The number of anilines is 1. The summed E-state index contributed by atoms with van der Waals surface area (Å²) in [5, 5.41) is 18.4. The molecular weight excluding hydrogens is 411 g/mol. The van der Waals surface area contributed by atoms with Crippen LogP contribution in [0, 0.1) is 22.9 Å². The van der Waals surface area contributed by atoms with Gasteiger partial charge in [-0.3, -0.25) is 24.9 Å². The highest BCUT2D eigenvalue weighted by molar-refractivity contribution is 6.11. The van der Waals surface area contributed by atoms with Gasteiger partial charge < -0.3 is 0 Å². The van der Waals surface area contributed by atoms with Crippen LogP contribution in [-0.4, -0.2) is 21.0 Å². The molecule has 3 aromatic carbocycles. The Hall–Kier alpha value is -4.33. The van der Waals surface area contributed by atoms with Gasteiger partial charge in [0.1, 0.15) is 11.5 Å². The number of aromatic nitrogens is 2. The smallest absolute Gasteiger partial charge is 0.277 e. The standard InChI is InChI=1S/C24H17FN4O3/c1-14-2-4-15(5-3-14)21-20-22(27-26-21)24(30)28(18-12-8-17(25)9-13-18)23(20)16-6-10-19(11-7-16)29(31)32/h2-13,23H,1H3,(H,26,27)/t23-/m0/s1. The fourth-order valence-electron chi connectivity index (χ4n) is 4.04. The van der Waals surface area contributed by atoms with Crippen molar-refractivity contribution in [2.45, 2.75) is 13.0 Å². The second kappa shape index (κ2) is 7.42. The lowest BCUT2D eigenvalue weighted by molar-refractivity contribution is -0.384. The maximum absolute atomic E-state index is 13.5. The van der Waals surface area contributed by atoms with E-state index < -0.39 is 16.8 Å². The number of carbonyl (C=O) groups excluding carboxylic acids is 1. The molecule has 0 radical (unpaired) electrons. The number of carbonyl (C=O) groups is 1. The van der Waals surface area contributed by atoms with Gasteiger partial charge in [0, 0.05) is 28.9 Å². The number of nitrogens with zero attached hydrogens (tertiary/aromatic N) is 3. The first-order valence-corrected chi connectivity index (χ1v) is 9.93. The molecule has 1 aliphatic heterocycles. The Morgan fingerprint density at radius 2 is 1.66 bits per heavy atom. The molecule has 2 heterocycles. The Morgan fingerprint density at radius 1 is 1.00 bits per heavy atom. The highest BCUT2D eigenvalue weighted by atomic mass is 19.1. The van der Waals surface area contributed by atoms with Crippen LogP contribution in [0.2, 0.25) is 0 Å². The highest BCUT2D eigenvalue weighted by Crippen LogP contribution is 2.45. The molecule has 4 aromatic rings. The first kappa shape index (κ1) is 19.6. The van der Waals surface area contributed by atoms with Gasteiger partial charge in [-0.1, -0.05) is 29.8 Å². The monoisotopic (exact) mass is 428 g/mol. The van der Waals surface area contributed by atoms with Crippen LogP contribution in [0.3, 0.4) is 0 Å². The summed E-state index contributed by atoms with van der Waals surface area (Å²) < 4.78 is 13.5. The van der Waals surface area contributed by atoms with Crippen LogP contribution < -0.4 is 4.90 Å². The lowest BCUT2D eigenvalue weighted by Crippen LogP contribution is -2.29. The zero-order valence-electron chi connectivity index (χ0n) is 16.9. The van der Waals surface area contributed by atoms with Crippen molar-refractivity contribution < 1.29 is 14.1 Å². The van der Waals surface area contributed by atoms with E-state index in [1.807, 2.05) is 31.2 Å². The summed E-state index contributed by atoms with van der Waals surface area (Å²) in [7, 11) is 0. The van der Waals surface area contributed by atoms with Crippen LogP contribution in [0.15, 0.2) is 72.8 Å². The number of rotatable bonds is 4. The van der Waals surface area contributed by atoms with E-state index in [4.69, 9.17) is 0 Å². The highest BCUT2D eigenvalue weighted by Gasteiger charge is 2.43. The van der Waals surface area contributed by atoms with Gasteiger partial charge >= 0.3 is 0 Å². The summed E-state index contributed by atoms with van der Waals surface area (Å²) in [6.07, 6.45) is 0. The Kier molecular flexibility index (Phi) is 4.55. The summed E-state index contributed by atoms with van der Waals surface area (Å²) >= 11 is 0. The molecule has 1 aromatic heterocycles. The van der Waals surface area contributed by atoms with Gasteiger partial charge in [-0.05, 0) is 48.9 Å². The first-order chi connectivity index (χ1) is 15.4. The summed E-state index contributed by atoms with van der Waals surface area (Å²) in [6.45, 7) is 1.98. The molecule has 0 bridgehead atoms. The predicted molar refractivity (Wildman–Crippen MR) is 117 cm³/mol. The number of nitro benzene ring substituents is 1. The third-order valence-corrected chi connectivity index (χ3v) is 5.62. The number of halogens is 1.